The molecule has 0 saturated heterocycles. The number of halogens is 2. The van der Waals surface area contributed by atoms with Crippen molar-refractivity contribution in [3.8, 4) is 11.1 Å². The molecule has 2 aromatic carbocycles. The van der Waals surface area contributed by atoms with Crippen LogP contribution in [0.2, 0.25) is 0 Å². The van der Waals surface area contributed by atoms with E-state index in [4.69, 9.17) is 0 Å². The van der Waals surface area contributed by atoms with E-state index in [0.717, 1.165) is 4.47 Å². The van der Waals surface area contributed by atoms with E-state index in [1.807, 2.05) is 6.07 Å². The number of fused-ring (bicyclic) bond motifs is 1. The van der Waals surface area contributed by atoms with Crippen molar-refractivity contribution in [3.63, 3.8) is 0 Å². The van der Waals surface area contributed by atoms with Crippen LogP contribution in [0.25, 0.3) is 21.2 Å². The van der Waals surface area contributed by atoms with Gasteiger partial charge in [0.05, 0.1) is 3.79 Å². The lowest BCUT2D eigenvalue weighted by Gasteiger charge is -2.01. The molecule has 1 aromatic heterocycles. The van der Waals surface area contributed by atoms with E-state index in [0.29, 0.717) is 0 Å². The average molecular weight is 368 g/mol. The molecule has 0 fully saturated rings. The van der Waals surface area contributed by atoms with Crippen molar-refractivity contribution in [2.75, 3.05) is 0 Å². The third kappa shape index (κ3) is 2.07. The summed E-state index contributed by atoms with van der Waals surface area (Å²) >= 11 is 8.99. The van der Waals surface area contributed by atoms with Crippen LogP contribution in [0.1, 0.15) is 0 Å². The van der Waals surface area contributed by atoms with Crippen LogP contribution >= 0.6 is 43.2 Å². The molecule has 0 unspecified atom stereocenters. The summed E-state index contributed by atoms with van der Waals surface area (Å²) in [6.07, 6.45) is 0. The largest absolute Gasteiger partial charge is 0.128 e. The molecule has 0 aliphatic heterocycles. The standard InChI is InChI=1S/C14H8Br2S/c15-10-6-7-12-11(8-10)13(14(16)17-12)9-4-2-1-3-5-9/h1-8H. The van der Waals surface area contributed by atoms with E-state index < -0.39 is 0 Å². The molecular formula is C14H8Br2S. The van der Waals surface area contributed by atoms with Crippen molar-refractivity contribution >= 4 is 53.3 Å². The zero-order valence-electron chi connectivity index (χ0n) is 8.78. The molecule has 0 bridgehead atoms. The highest BCUT2D eigenvalue weighted by Gasteiger charge is 2.11. The highest BCUT2D eigenvalue weighted by molar-refractivity contribution is 9.11. The molecule has 3 rings (SSSR count). The number of hydrogen-bond acceptors (Lipinski definition) is 1. The second-order valence-electron chi connectivity index (χ2n) is 3.76. The van der Waals surface area contributed by atoms with Crippen LogP contribution in [0.15, 0.2) is 56.8 Å². The summed E-state index contributed by atoms with van der Waals surface area (Å²) in [7, 11) is 0. The lowest BCUT2D eigenvalue weighted by Crippen LogP contribution is -1.75. The van der Waals surface area contributed by atoms with Gasteiger partial charge in [0.2, 0.25) is 0 Å². The van der Waals surface area contributed by atoms with Crippen molar-refractivity contribution in [1.29, 1.82) is 0 Å². The van der Waals surface area contributed by atoms with Crippen LogP contribution in [0.5, 0.6) is 0 Å². The summed E-state index contributed by atoms with van der Waals surface area (Å²) in [5.74, 6) is 0. The molecule has 0 saturated carbocycles. The molecule has 0 aliphatic rings. The Morgan fingerprint density at radius 2 is 1.65 bits per heavy atom. The van der Waals surface area contributed by atoms with E-state index in [1.165, 1.54) is 25.0 Å². The predicted molar refractivity (Wildman–Crippen MR) is 82.7 cm³/mol. The third-order valence-electron chi connectivity index (χ3n) is 2.67. The highest BCUT2D eigenvalue weighted by Crippen LogP contribution is 2.42. The summed E-state index contributed by atoms with van der Waals surface area (Å²) in [4.78, 5) is 0. The van der Waals surface area contributed by atoms with Gasteiger partial charge in [0.15, 0.2) is 0 Å². The number of thiophene rings is 1. The van der Waals surface area contributed by atoms with Gasteiger partial charge in [-0.2, -0.15) is 0 Å². The van der Waals surface area contributed by atoms with Gasteiger partial charge in [0.25, 0.3) is 0 Å². The van der Waals surface area contributed by atoms with Crippen LogP contribution in [0, 0.1) is 0 Å². The zero-order chi connectivity index (χ0) is 11.8. The second-order valence-corrected chi connectivity index (χ2v) is 7.04. The van der Waals surface area contributed by atoms with Crippen molar-refractivity contribution < 1.29 is 0 Å². The van der Waals surface area contributed by atoms with Gasteiger partial charge in [0, 0.05) is 20.1 Å². The summed E-state index contributed by atoms with van der Waals surface area (Å²) in [5, 5.41) is 1.29. The van der Waals surface area contributed by atoms with E-state index in [-0.39, 0.29) is 0 Å². The van der Waals surface area contributed by atoms with E-state index >= 15 is 0 Å². The molecular weight excluding hydrogens is 360 g/mol. The molecule has 1 heterocycles. The van der Waals surface area contributed by atoms with Gasteiger partial charge in [0.1, 0.15) is 0 Å². The summed E-state index contributed by atoms with van der Waals surface area (Å²) in [6.45, 7) is 0. The molecule has 0 amide bonds. The third-order valence-corrected chi connectivity index (χ3v) is 5.00. The summed E-state index contributed by atoms with van der Waals surface area (Å²) in [6, 6.07) is 16.9. The molecule has 0 nitrogen and oxygen atoms in total. The minimum Gasteiger partial charge on any atom is -0.128 e. The SMILES string of the molecule is Brc1ccc2sc(Br)c(-c3ccccc3)c2c1. The lowest BCUT2D eigenvalue weighted by molar-refractivity contribution is 1.67. The normalized spacial score (nSPS) is 10.9. The number of rotatable bonds is 1. The summed E-state index contributed by atoms with van der Waals surface area (Å²) < 4.78 is 3.61. The van der Waals surface area contributed by atoms with Crippen LogP contribution in [-0.2, 0) is 0 Å². The first-order valence-corrected chi connectivity index (χ1v) is 7.59. The van der Waals surface area contributed by atoms with Gasteiger partial charge < -0.3 is 0 Å². The van der Waals surface area contributed by atoms with E-state index in [1.54, 1.807) is 11.3 Å². The molecule has 0 N–H and O–H groups in total. The lowest BCUT2D eigenvalue weighted by atomic mass is 10.1. The Kier molecular flexibility index (Phi) is 3.07. The molecule has 3 aromatic rings. The quantitative estimate of drug-likeness (QED) is 0.487. The minimum atomic E-state index is 1.12. The van der Waals surface area contributed by atoms with Gasteiger partial charge in [-0.15, -0.1) is 11.3 Å². The van der Waals surface area contributed by atoms with Gasteiger partial charge in [-0.05, 0) is 39.7 Å². The van der Waals surface area contributed by atoms with Crippen LogP contribution in [0.4, 0.5) is 0 Å². The molecule has 17 heavy (non-hydrogen) atoms. The van der Waals surface area contributed by atoms with Gasteiger partial charge >= 0.3 is 0 Å². The molecule has 0 aliphatic carbocycles. The van der Waals surface area contributed by atoms with Crippen molar-refractivity contribution in [3.05, 3.63) is 56.8 Å². The number of benzene rings is 2. The van der Waals surface area contributed by atoms with E-state index in [2.05, 4.69) is 74.3 Å². The molecule has 0 spiro atoms. The highest BCUT2D eigenvalue weighted by atomic mass is 79.9. The fourth-order valence-electron chi connectivity index (χ4n) is 1.91. The van der Waals surface area contributed by atoms with Crippen LogP contribution < -0.4 is 0 Å². The topological polar surface area (TPSA) is 0 Å². The number of hydrogen-bond donors (Lipinski definition) is 0. The van der Waals surface area contributed by atoms with Gasteiger partial charge in [-0.1, -0.05) is 46.3 Å². The second kappa shape index (κ2) is 4.56. The van der Waals surface area contributed by atoms with Crippen LogP contribution in [0.3, 0.4) is 0 Å². The van der Waals surface area contributed by atoms with Crippen molar-refractivity contribution in [2.24, 2.45) is 0 Å². The predicted octanol–water partition coefficient (Wildman–Crippen LogP) is 6.09. The Hall–Kier alpha value is -0.640. The maximum atomic E-state index is 3.67. The zero-order valence-corrected chi connectivity index (χ0v) is 12.8. The van der Waals surface area contributed by atoms with Crippen molar-refractivity contribution in [2.45, 2.75) is 0 Å². The Balaban J connectivity index is 2.35. The smallest absolute Gasteiger partial charge is 0.0789 e. The Morgan fingerprint density at radius 1 is 0.882 bits per heavy atom. The molecule has 0 radical (unpaired) electrons. The van der Waals surface area contributed by atoms with Crippen molar-refractivity contribution in [1.82, 2.24) is 0 Å². The fraction of sp³-hybridized carbons (Fsp3) is 0. The summed E-state index contributed by atoms with van der Waals surface area (Å²) in [5.41, 5.74) is 2.54. The minimum absolute atomic E-state index is 1.12. The first kappa shape index (κ1) is 11.5. The van der Waals surface area contributed by atoms with Gasteiger partial charge in [-0.25, -0.2) is 0 Å². The average Bonchev–Trinajstić information content (AvgIpc) is 2.65. The first-order valence-electron chi connectivity index (χ1n) is 5.18. The van der Waals surface area contributed by atoms with E-state index in [9.17, 15) is 0 Å². The monoisotopic (exact) mass is 366 g/mol. The van der Waals surface area contributed by atoms with Gasteiger partial charge in [-0.3, -0.25) is 0 Å². The maximum Gasteiger partial charge on any atom is 0.0789 e. The molecule has 0 atom stereocenters. The fourth-order valence-corrected chi connectivity index (χ4v) is 4.17. The maximum absolute atomic E-state index is 3.67. The Bertz CT molecular complexity index is 671. The molecule has 84 valence electrons. The first-order chi connectivity index (χ1) is 8.25. The Labute approximate surface area is 121 Å². The Morgan fingerprint density at radius 3 is 2.41 bits per heavy atom. The van der Waals surface area contributed by atoms with Crippen LogP contribution in [-0.4, -0.2) is 0 Å². The molecule has 3 heteroatoms.